The fraction of sp³-hybridized carbons (Fsp3) is 0.500. The molecule has 112 valence electrons. The fourth-order valence-electron chi connectivity index (χ4n) is 1.71. The summed E-state index contributed by atoms with van der Waals surface area (Å²) in [4.78, 5) is 10.4. The molecule has 0 bridgehead atoms. The molecule has 1 aromatic rings. The van der Waals surface area contributed by atoms with Gasteiger partial charge in [0.2, 0.25) is 0 Å². The summed E-state index contributed by atoms with van der Waals surface area (Å²) in [6, 6.07) is 6.19. The number of alkyl halides is 1. The normalized spacial score (nSPS) is 13.2. The lowest BCUT2D eigenvalue weighted by atomic mass is 10.1. The summed E-state index contributed by atoms with van der Waals surface area (Å²) in [6.07, 6.45) is 0.0377. The summed E-state index contributed by atoms with van der Waals surface area (Å²) in [5.74, 6) is 0. The highest BCUT2D eigenvalue weighted by Crippen LogP contribution is 2.55. The van der Waals surface area contributed by atoms with Gasteiger partial charge in [0, 0.05) is 18.1 Å². The van der Waals surface area contributed by atoms with Gasteiger partial charge in [-0.15, -0.1) is 11.6 Å². The lowest BCUT2D eigenvalue weighted by Crippen LogP contribution is -2.11. The van der Waals surface area contributed by atoms with Gasteiger partial charge in [0.25, 0.3) is 5.69 Å². The first-order chi connectivity index (χ1) is 9.44. The molecule has 0 fully saturated rings. The van der Waals surface area contributed by atoms with Crippen molar-refractivity contribution in [2.24, 2.45) is 0 Å². The van der Waals surface area contributed by atoms with Crippen molar-refractivity contribution in [3.05, 3.63) is 39.9 Å². The topological polar surface area (TPSA) is 78.7 Å². The van der Waals surface area contributed by atoms with Gasteiger partial charge in [-0.25, -0.2) is 0 Å². The maximum absolute atomic E-state index is 12.5. The molecule has 0 aromatic heterocycles. The van der Waals surface area contributed by atoms with Crippen LogP contribution in [0.1, 0.15) is 19.4 Å². The molecule has 0 aliphatic rings. The highest BCUT2D eigenvalue weighted by Gasteiger charge is 2.35. The zero-order valence-corrected chi connectivity index (χ0v) is 13.0. The molecule has 0 amide bonds. The minimum atomic E-state index is -3.48. The molecule has 1 unspecified atom stereocenters. The van der Waals surface area contributed by atoms with E-state index >= 15 is 0 Å². The van der Waals surface area contributed by atoms with E-state index in [2.05, 4.69) is 0 Å². The molecule has 0 aliphatic heterocycles. The fourth-order valence-corrected chi connectivity index (χ4v) is 3.76. The van der Waals surface area contributed by atoms with E-state index in [1.165, 1.54) is 6.07 Å². The lowest BCUT2D eigenvalue weighted by Gasteiger charge is -2.21. The first kappa shape index (κ1) is 17.1. The van der Waals surface area contributed by atoms with Crippen LogP contribution in [0.25, 0.3) is 0 Å². The van der Waals surface area contributed by atoms with Gasteiger partial charge in [-0.1, -0.05) is 18.2 Å². The monoisotopic (exact) mass is 321 g/mol. The summed E-state index contributed by atoms with van der Waals surface area (Å²) in [7, 11) is -3.48. The summed E-state index contributed by atoms with van der Waals surface area (Å²) in [6.45, 7) is 3.75. The Morgan fingerprint density at radius 3 is 2.35 bits per heavy atom. The highest BCUT2D eigenvalue weighted by molar-refractivity contribution is 7.56. The van der Waals surface area contributed by atoms with Gasteiger partial charge in [-0.3, -0.25) is 14.7 Å². The second-order valence-electron chi connectivity index (χ2n) is 3.90. The van der Waals surface area contributed by atoms with Crippen LogP contribution in [0, 0.1) is 10.1 Å². The van der Waals surface area contributed by atoms with Gasteiger partial charge >= 0.3 is 7.60 Å². The molecular formula is C12H17ClNO5P. The summed E-state index contributed by atoms with van der Waals surface area (Å²) >= 11 is 6.12. The Morgan fingerprint density at radius 2 is 1.85 bits per heavy atom. The van der Waals surface area contributed by atoms with E-state index in [1.807, 2.05) is 0 Å². The Labute approximate surface area is 122 Å². The summed E-state index contributed by atoms with van der Waals surface area (Å²) < 4.78 is 22.7. The smallest absolute Gasteiger partial charge is 0.308 e. The molecular weight excluding hydrogens is 305 g/mol. The van der Waals surface area contributed by atoms with Crippen LogP contribution in [-0.4, -0.2) is 23.3 Å². The quantitative estimate of drug-likeness (QED) is 0.313. The van der Waals surface area contributed by atoms with Gasteiger partial charge < -0.3 is 9.05 Å². The van der Waals surface area contributed by atoms with Crippen LogP contribution in [0.2, 0.25) is 0 Å². The molecule has 0 saturated heterocycles. The van der Waals surface area contributed by atoms with Crippen molar-refractivity contribution in [2.75, 3.05) is 13.2 Å². The number of hydrogen-bond acceptors (Lipinski definition) is 5. The zero-order chi connectivity index (χ0) is 15.2. The van der Waals surface area contributed by atoms with Gasteiger partial charge in [0.15, 0.2) is 0 Å². The number of nitro groups is 1. The van der Waals surface area contributed by atoms with E-state index < -0.39 is 17.6 Å². The molecule has 6 nitrogen and oxygen atoms in total. The van der Waals surface area contributed by atoms with Gasteiger partial charge in [0.05, 0.1) is 18.1 Å². The SMILES string of the molecule is CCOP(=O)(OCC)C(Cl)Cc1ccccc1[N+](=O)[O-]. The molecule has 0 aliphatic carbocycles. The minimum absolute atomic E-state index is 0.0377. The number of rotatable bonds is 8. The Balaban J connectivity index is 2.96. The van der Waals surface area contributed by atoms with E-state index in [9.17, 15) is 14.7 Å². The zero-order valence-electron chi connectivity index (χ0n) is 11.3. The third kappa shape index (κ3) is 4.28. The summed E-state index contributed by atoms with van der Waals surface area (Å²) in [5.41, 5.74) is 0.342. The van der Waals surface area contributed by atoms with E-state index in [0.29, 0.717) is 5.56 Å². The van der Waals surface area contributed by atoms with Crippen LogP contribution in [-0.2, 0) is 20.0 Å². The van der Waals surface area contributed by atoms with Crippen LogP contribution in [0.3, 0.4) is 0 Å². The van der Waals surface area contributed by atoms with Crippen molar-refractivity contribution >= 4 is 24.9 Å². The number of halogens is 1. The maximum atomic E-state index is 12.5. The molecule has 1 rings (SSSR count). The van der Waals surface area contributed by atoms with Crippen molar-refractivity contribution in [3.63, 3.8) is 0 Å². The third-order valence-corrected chi connectivity index (χ3v) is 5.51. The van der Waals surface area contributed by atoms with Crippen molar-refractivity contribution in [3.8, 4) is 0 Å². The third-order valence-electron chi connectivity index (χ3n) is 2.54. The molecule has 20 heavy (non-hydrogen) atoms. The number of para-hydroxylation sites is 1. The average molecular weight is 322 g/mol. The Bertz CT molecular complexity index is 500. The van der Waals surface area contributed by atoms with E-state index in [-0.39, 0.29) is 25.3 Å². The Kier molecular flexibility index (Phi) is 6.62. The largest absolute Gasteiger partial charge is 0.348 e. The molecule has 0 N–H and O–H groups in total. The number of nitrogens with zero attached hydrogens (tertiary/aromatic N) is 1. The molecule has 0 spiro atoms. The van der Waals surface area contributed by atoms with Crippen molar-refractivity contribution in [1.82, 2.24) is 0 Å². The molecule has 0 radical (unpaired) electrons. The molecule has 0 heterocycles. The summed E-state index contributed by atoms with van der Waals surface area (Å²) in [5, 5.41) is 9.97. The number of hydrogen-bond donors (Lipinski definition) is 0. The second kappa shape index (κ2) is 7.74. The minimum Gasteiger partial charge on any atom is -0.308 e. The molecule has 1 atom stereocenters. The first-order valence-corrected chi connectivity index (χ1v) is 8.24. The van der Waals surface area contributed by atoms with Gasteiger partial charge in [-0.05, 0) is 13.8 Å². The number of benzene rings is 1. The Hall–Kier alpha value is -0.940. The van der Waals surface area contributed by atoms with E-state index in [0.717, 1.165) is 0 Å². The predicted octanol–water partition coefficient (Wildman–Crippen LogP) is 3.97. The van der Waals surface area contributed by atoms with Gasteiger partial charge in [0.1, 0.15) is 5.12 Å². The average Bonchev–Trinajstić information content (AvgIpc) is 2.39. The highest BCUT2D eigenvalue weighted by atomic mass is 35.5. The standard InChI is InChI=1S/C12H17ClNO5P/c1-3-18-20(17,19-4-2)12(13)9-10-7-5-6-8-11(10)14(15)16/h5-8,12H,3-4,9H2,1-2H3. The van der Waals surface area contributed by atoms with Crippen LogP contribution in [0.5, 0.6) is 0 Å². The van der Waals surface area contributed by atoms with Crippen LogP contribution < -0.4 is 0 Å². The molecule has 1 aromatic carbocycles. The van der Waals surface area contributed by atoms with Crippen molar-refractivity contribution in [2.45, 2.75) is 25.4 Å². The lowest BCUT2D eigenvalue weighted by molar-refractivity contribution is -0.385. The van der Waals surface area contributed by atoms with Crippen LogP contribution in [0.4, 0.5) is 5.69 Å². The van der Waals surface area contributed by atoms with Crippen molar-refractivity contribution < 1.29 is 18.5 Å². The van der Waals surface area contributed by atoms with Crippen molar-refractivity contribution in [1.29, 1.82) is 0 Å². The predicted molar refractivity (Wildman–Crippen MR) is 77.3 cm³/mol. The van der Waals surface area contributed by atoms with Crippen LogP contribution >= 0.6 is 19.2 Å². The van der Waals surface area contributed by atoms with E-state index in [1.54, 1.807) is 32.0 Å². The number of nitro benzene ring substituents is 1. The van der Waals surface area contributed by atoms with Gasteiger partial charge in [-0.2, -0.15) is 0 Å². The molecule has 8 heteroatoms. The van der Waals surface area contributed by atoms with Crippen LogP contribution in [0.15, 0.2) is 24.3 Å². The van der Waals surface area contributed by atoms with E-state index in [4.69, 9.17) is 20.6 Å². The Morgan fingerprint density at radius 1 is 1.30 bits per heavy atom. The first-order valence-electron chi connectivity index (χ1n) is 6.19. The molecule has 0 saturated carbocycles. The second-order valence-corrected chi connectivity index (χ2v) is 6.95. The maximum Gasteiger partial charge on any atom is 0.348 e.